The number of hydrogen-bond acceptors (Lipinski definition) is 4. The number of halogens is 7. The molecule has 2 N–H and O–H groups in total. The maximum absolute atomic E-state index is 14.0. The van der Waals surface area contributed by atoms with Crippen LogP contribution in [0.1, 0.15) is 11.1 Å². The van der Waals surface area contributed by atoms with Crippen molar-refractivity contribution in [1.82, 2.24) is 4.98 Å². The van der Waals surface area contributed by atoms with Gasteiger partial charge in [0.05, 0.1) is 5.56 Å². The van der Waals surface area contributed by atoms with E-state index < -0.39 is 46.4 Å². The van der Waals surface area contributed by atoms with Crippen LogP contribution in [0.4, 0.5) is 37.8 Å². The number of anilines is 2. The van der Waals surface area contributed by atoms with Gasteiger partial charge in [-0.05, 0) is 30.3 Å². The van der Waals surface area contributed by atoms with Crippen LogP contribution >= 0.6 is 11.6 Å². The predicted molar refractivity (Wildman–Crippen MR) is 79.5 cm³/mol. The first-order valence-electron chi connectivity index (χ1n) is 7.16. The van der Waals surface area contributed by atoms with Crippen LogP contribution in [-0.4, -0.2) is 17.3 Å². The number of benzene rings is 1. The Bertz CT molecular complexity index is 902. The monoisotopic (exact) mass is 395 g/mol. The fourth-order valence-electron chi connectivity index (χ4n) is 3.15. The molecule has 2 bridgehead atoms. The molecule has 0 saturated carbocycles. The van der Waals surface area contributed by atoms with Crippen molar-refractivity contribution in [2.24, 2.45) is 0 Å². The van der Waals surface area contributed by atoms with Crippen molar-refractivity contribution in [1.29, 1.82) is 0 Å². The summed E-state index contributed by atoms with van der Waals surface area (Å²) in [6, 6.07) is 5.31. The van der Waals surface area contributed by atoms with E-state index >= 15 is 0 Å². The molecular formula is C15H8ClF6N3O. The molecule has 0 fully saturated rings. The molecule has 2 unspecified atom stereocenters. The molecule has 0 radical (unpaired) electrons. The molecule has 0 aliphatic carbocycles. The van der Waals surface area contributed by atoms with Gasteiger partial charge in [-0.2, -0.15) is 26.3 Å². The second kappa shape index (κ2) is 4.95. The molecule has 0 saturated heterocycles. The molecule has 138 valence electrons. The van der Waals surface area contributed by atoms with Gasteiger partial charge < -0.3 is 15.4 Å². The molecular weight excluding hydrogens is 388 g/mol. The Morgan fingerprint density at radius 3 is 2.23 bits per heavy atom. The van der Waals surface area contributed by atoms with Gasteiger partial charge in [0, 0.05) is 22.5 Å². The van der Waals surface area contributed by atoms with Crippen LogP contribution in [0.3, 0.4) is 0 Å². The van der Waals surface area contributed by atoms with Crippen LogP contribution in [0.15, 0.2) is 36.5 Å². The molecule has 2 atom stereocenters. The van der Waals surface area contributed by atoms with Gasteiger partial charge in [0.15, 0.2) is 0 Å². The Labute approximate surface area is 147 Å². The summed E-state index contributed by atoms with van der Waals surface area (Å²) in [5.41, 5.74) is -8.54. The van der Waals surface area contributed by atoms with Crippen LogP contribution < -0.4 is 10.6 Å². The average molecular weight is 396 g/mol. The van der Waals surface area contributed by atoms with Crippen LogP contribution in [0.5, 0.6) is 0 Å². The van der Waals surface area contributed by atoms with Gasteiger partial charge in [-0.25, -0.2) is 4.98 Å². The molecule has 2 aromatic rings. The lowest BCUT2D eigenvalue weighted by Gasteiger charge is -2.54. The molecule has 2 aliphatic rings. The standard InChI is InChI=1S/C15H8ClF6N3O/c16-7-3-4-10-9(6-7)13(15(20,21)22)25-11-8(2-1-5-23-11)12(24-10,26-13)14(17,18)19/h1-6,24H,(H,23,25). The highest BCUT2D eigenvalue weighted by Crippen LogP contribution is 2.60. The Balaban J connectivity index is 2.11. The Morgan fingerprint density at radius 2 is 1.58 bits per heavy atom. The first-order chi connectivity index (χ1) is 12.0. The highest BCUT2D eigenvalue weighted by molar-refractivity contribution is 6.30. The van der Waals surface area contributed by atoms with Crippen LogP contribution in [-0.2, 0) is 16.2 Å². The third-order valence-corrected chi connectivity index (χ3v) is 4.49. The first-order valence-corrected chi connectivity index (χ1v) is 7.53. The van der Waals surface area contributed by atoms with E-state index in [1.165, 1.54) is 12.1 Å². The summed E-state index contributed by atoms with van der Waals surface area (Å²) in [6.45, 7) is 0. The fourth-order valence-corrected chi connectivity index (χ4v) is 3.32. The summed E-state index contributed by atoms with van der Waals surface area (Å²) < 4.78 is 88.7. The van der Waals surface area contributed by atoms with Crippen molar-refractivity contribution >= 4 is 23.1 Å². The van der Waals surface area contributed by atoms with Crippen molar-refractivity contribution in [3.05, 3.63) is 52.7 Å². The number of rotatable bonds is 0. The van der Waals surface area contributed by atoms with Crippen molar-refractivity contribution < 1.29 is 31.1 Å². The first kappa shape index (κ1) is 17.2. The molecule has 1 aromatic heterocycles. The van der Waals surface area contributed by atoms with E-state index in [-0.39, 0.29) is 5.02 Å². The van der Waals surface area contributed by atoms with E-state index in [0.29, 0.717) is 0 Å². The van der Waals surface area contributed by atoms with Crippen LogP contribution in [0.25, 0.3) is 0 Å². The molecule has 0 amide bonds. The van der Waals surface area contributed by atoms with Gasteiger partial charge >= 0.3 is 12.4 Å². The lowest BCUT2D eigenvalue weighted by atomic mass is 9.88. The minimum atomic E-state index is -5.25. The quantitative estimate of drug-likeness (QED) is 0.633. The molecule has 2 aliphatic heterocycles. The van der Waals surface area contributed by atoms with Gasteiger partial charge in [-0.3, -0.25) is 0 Å². The number of ether oxygens (including phenoxy) is 1. The van der Waals surface area contributed by atoms with Crippen LogP contribution in [0.2, 0.25) is 5.02 Å². The third-order valence-electron chi connectivity index (χ3n) is 4.26. The minimum absolute atomic E-state index is 0.0918. The van der Waals surface area contributed by atoms with Gasteiger partial charge in [-0.15, -0.1) is 0 Å². The predicted octanol–water partition coefficient (Wildman–Crippen LogP) is 4.73. The molecule has 4 nitrogen and oxygen atoms in total. The highest BCUT2D eigenvalue weighted by Gasteiger charge is 2.74. The zero-order chi connectivity index (χ0) is 19.0. The molecule has 11 heteroatoms. The largest absolute Gasteiger partial charge is 0.441 e. The Kier molecular flexibility index (Phi) is 3.28. The summed E-state index contributed by atoms with van der Waals surface area (Å²) in [4.78, 5) is 3.65. The van der Waals surface area contributed by atoms with Gasteiger partial charge in [-0.1, -0.05) is 11.6 Å². The number of hydrogen-bond donors (Lipinski definition) is 2. The van der Waals surface area contributed by atoms with E-state index in [1.54, 1.807) is 0 Å². The summed E-state index contributed by atoms with van der Waals surface area (Å²) in [6.07, 6.45) is -9.39. The van der Waals surface area contributed by atoms with Crippen molar-refractivity contribution in [2.75, 3.05) is 10.6 Å². The number of alkyl halides is 6. The maximum Gasteiger partial charge on any atom is 0.441 e. The van der Waals surface area contributed by atoms with E-state index in [1.807, 2.05) is 5.32 Å². The summed E-state index contributed by atoms with van der Waals surface area (Å²) in [5.74, 6) is -0.591. The van der Waals surface area contributed by atoms with E-state index in [2.05, 4.69) is 10.3 Å². The van der Waals surface area contributed by atoms with E-state index in [0.717, 1.165) is 24.4 Å². The Hall–Kier alpha value is -2.20. The summed E-state index contributed by atoms with van der Waals surface area (Å²) in [7, 11) is 0. The molecule has 0 spiro atoms. The fraction of sp³-hybridized carbons (Fsp3) is 0.267. The van der Waals surface area contributed by atoms with Gasteiger partial charge in [0.25, 0.3) is 11.4 Å². The third kappa shape index (κ3) is 2.05. The van der Waals surface area contributed by atoms with Crippen molar-refractivity contribution in [2.45, 2.75) is 23.8 Å². The second-order valence-electron chi connectivity index (χ2n) is 5.80. The molecule has 3 heterocycles. The highest BCUT2D eigenvalue weighted by atomic mass is 35.5. The molecule has 1 aromatic carbocycles. The molecule has 4 rings (SSSR count). The number of aromatic nitrogens is 1. The lowest BCUT2D eigenvalue weighted by Crippen LogP contribution is -2.67. The number of fused-ring (bicyclic) bond motifs is 6. The average Bonchev–Trinajstić information content (AvgIpc) is 2.53. The second-order valence-corrected chi connectivity index (χ2v) is 6.24. The number of pyridine rings is 1. The zero-order valence-corrected chi connectivity index (χ0v) is 13.2. The minimum Gasteiger partial charge on any atom is -0.346 e. The van der Waals surface area contributed by atoms with Crippen molar-refractivity contribution in [3.63, 3.8) is 0 Å². The zero-order valence-electron chi connectivity index (χ0n) is 12.5. The van der Waals surface area contributed by atoms with E-state index in [4.69, 9.17) is 16.3 Å². The molecule has 26 heavy (non-hydrogen) atoms. The number of nitrogens with zero attached hydrogens (tertiary/aromatic N) is 1. The summed E-state index contributed by atoms with van der Waals surface area (Å²) in [5, 5.41) is 3.99. The topological polar surface area (TPSA) is 46.2 Å². The lowest BCUT2D eigenvalue weighted by molar-refractivity contribution is -0.369. The smallest absolute Gasteiger partial charge is 0.346 e. The van der Waals surface area contributed by atoms with Crippen LogP contribution in [0, 0.1) is 0 Å². The maximum atomic E-state index is 14.0. The SMILES string of the molecule is FC(F)(F)C12Nc3ncccc3C(C(F)(F)F)(Nc3ccc(Cl)cc31)O2. The van der Waals surface area contributed by atoms with Gasteiger partial charge in [0.1, 0.15) is 5.82 Å². The Morgan fingerprint density at radius 1 is 0.923 bits per heavy atom. The normalized spacial score (nSPS) is 27.0. The summed E-state index contributed by atoms with van der Waals surface area (Å²) >= 11 is 5.77. The van der Waals surface area contributed by atoms with Crippen molar-refractivity contribution in [3.8, 4) is 0 Å². The van der Waals surface area contributed by atoms with E-state index in [9.17, 15) is 26.3 Å². The van der Waals surface area contributed by atoms with Gasteiger partial charge in [0.2, 0.25) is 0 Å². The number of nitrogens with one attached hydrogen (secondary N) is 2.